The summed E-state index contributed by atoms with van der Waals surface area (Å²) in [5.41, 5.74) is 2.28. The second-order valence-corrected chi connectivity index (χ2v) is 8.80. The molecular formula is C26H33BrN2O2. The molecule has 0 saturated carbocycles. The number of nitrogens with zero attached hydrogens (tertiary/aromatic N) is 2. The molecule has 0 spiro atoms. The molecular weight excluding hydrogens is 452 g/mol. The Bertz CT molecular complexity index is 974. The third-order valence-corrected chi connectivity index (χ3v) is 6.16. The van der Waals surface area contributed by atoms with E-state index in [4.69, 9.17) is 4.74 Å². The van der Waals surface area contributed by atoms with Crippen molar-refractivity contribution < 1.29 is 9.53 Å². The van der Waals surface area contributed by atoms with Crippen LogP contribution in [0.2, 0.25) is 0 Å². The van der Waals surface area contributed by atoms with Crippen molar-refractivity contribution in [3.05, 3.63) is 70.5 Å². The zero-order valence-electron chi connectivity index (χ0n) is 18.6. The van der Waals surface area contributed by atoms with Crippen LogP contribution in [0.4, 0.5) is 0 Å². The molecule has 0 N–H and O–H groups in total. The first-order chi connectivity index (χ1) is 15.1. The summed E-state index contributed by atoms with van der Waals surface area (Å²) >= 11 is 3.59. The zero-order valence-corrected chi connectivity index (χ0v) is 20.2. The Balaban J connectivity index is 1.56. The number of hydrogen-bond donors (Lipinski definition) is 0. The van der Waals surface area contributed by atoms with Crippen LogP contribution in [0, 0.1) is 0 Å². The molecule has 0 unspecified atom stereocenters. The Kier molecular flexibility index (Phi) is 9.16. The molecule has 3 aromatic rings. The van der Waals surface area contributed by atoms with Gasteiger partial charge >= 0.3 is 0 Å². The number of hydrogen-bond acceptors (Lipinski definition) is 3. The minimum absolute atomic E-state index is 0.0171. The van der Waals surface area contributed by atoms with Crippen LogP contribution >= 0.6 is 15.9 Å². The molecule has 0 saturated heterocycles. The van der Waals surface area contributed by atoms with E-state index < -0.39 is 0 Å². The van der Waals surface area contributed by atoms with E-state index in [0.717, 1.165) is 28.7 Å². The first-order valence-corrected chi connectivity index (χ1v) is 12.2. The van der Waals surface area contributed by atoms with E-state index in [9.17, 15) is 4.79 Å². The number of carbonyl (C=O) groups excluding carboxylic acids is 1. The summed E-state index contributed by atoms with van der Waals surface area (Å²) < 4.78 is 8.78. The van der Waals surface area contributed by atoms with Gasteiger partial charge in [0.1, 0.15) is 5.75 Å². The van der Waals surface area contributed by atoms with Crippen LogP contribution in [0.25, 0.3) is 5.52 Å². The monoisotopic (exact) mass is 484 g/mol. The summed E-state index contributed by atoms with van der Waals surface area (Å²) in [6, 6.07) is 13.3. The number of benzene rings is 1. The van der Waals surface area contributed by atoms with Gasteiger partial charge in [0, 0.05) is 30.1 Å². The largest absolute Gasteiger partial charge is 0.492 e. The van der Waals surface area contributed by atoms with Gasteiger partial charge in [-0.3, -0.25) is 4.79 Å². The highest BCUT2D eigenvalue weighted by molar-refractivity contribution is 9.10. The maximum absolute atomic E-state index is 13.0. The molecule has 166 valence electrons. The summed E-state index contributed by atoms with van der Waals surface area (Å²) in [5.74, 6) is 0.801. The quantitative estimate of drug-likeness (QED) is 0.202. The number of aromatic nitrogens is 1. The molecule has 0 aliphatic carbocycles. The number of pyridine rings is 1. The summed E-state index contributed by atoms with van der Waals surface area (Å²) in [4.78, 5) is 15.6. The van der Waals surface area contributed by atoms with Gasteiger partial charge in [0.25, 0.3) is 0 Å². The average Bonchev–Trinajstić information content (AvgIpc) is 3.22. The first-order valence-electron chi connectivity index (χ1n) is 11.4. The lowest BCUT2D eigenvalue weighted by atomic mass is 10.0. The maximum Gasteiger partial charge on any atom is 0.195 e. The Hall–Kier alpha value is -2.11. The standard InChI is InChI=1S/C26H33BrN2O2/c1-3-5-14-28(15-6-4-2)16-9-19-31-25-12-11-21(20-23(25)27)26(30)22-13-18-29-17-8-7-10-24(22)29/h7-8,10-13,17-18,20H,3-6,9,14-16,19H2,1-2H3. The Labute approximate surface area is 194 Å². The Morgan fingerprint density at radius 2 is 1.71 bits per heavy atom. The summed E-state index contributed by atoms with van der Waals surface area (Å²) in [6.45, 7) is 8.57. The van der Waals surface area contributed by atoms with Crippen LogP contribution in [-0.4, -0.2) is 41.3 Å². The van der Waals surface area contributed by atoms with Crippen molar-refractivity contribution in [2.45, 2.75) is 46.0 Å². The smallest absolute Gasteiger partial charge is 0.195 e. The fourth-order valence-corrected chi connectivity index (χ4v) is 4.22. The third kappa shape index (κ3) is 6.44. The molecule has 2 aromatic heterocycles. The summed E-state index contributed by atoms with van der Waals surface area (Å²) in [7, 11) is 0. The summed E-state index contributed by atoms with van der Waals surface area (Å²) in [6.07, 6.45) is 9.83. The summed E-state index contributed by atoms with van der Waals surface area (Å²) in [5, 5.41) is 0. The predicted octanol–water partition coefficient (Wildman–Crippen LogP) is 6.60. The maximum atomic E-state index is 13.0. The van der Waals surface area contributed by atoms with Crippen LogP contribution in [0.3, 0.4) is 0 Å². The third-order valence-electron chi connectivity index (χ3n) is 5.54. The zero-order chi connectivity index (χ0) is 22.1. The van der Waals surface area contributed by atoms with E-state index in [1.165, 1.54) is 38.8 Å². The average molecular weight is 485 g/mol. The van der Waals surface area contributed by atoms with Gasteiger partial charge in [-0.05, 0) is 84.7 Å². The SMILES string of the molecule is CCCCN(CCCC)CCCOc1ccc(C(=O)c2ccn3ccccc23)cc1Br. The first kappa shape index (κ1) is 23.6. The molecule has 5 heteroatoms. The number of unbranched alkanes of at least 4 members (excludes halogenated alkanes) is 2. The number of ketones is 1. The molecule has 0 radical (unpaired) electrons. The van der Waals surface area contributed by atoms with Gasteiger partial charge in [0.15, 0.2) is 5.78 Å². The molecule has 0 aliphatic rings. The van der Waals surface area contributed by atoms with E-state index in [2.05, 4.69) is 34.7 Å². The van der Waals surface area contributed by atoms with Crippen LogP contribution in [0.1, 0.15) is 61.9 Å². The van der Waals surface area contributed by atoms with Crippen molar-refractivity contribution in [1.82, 2.24) is 9.30 Å². The van der Waals surface area contributed by atoms with E-state index in [1.807, 2.05) is 59.3 Å². The molecule has 0 fully saturated rings. The van der Waals surface area contributed by atoms with Crippen molar-refractivity contribution >= 4 is 27.2 Å². The highest BCUT2D eigenvalue weighted by Crippen LogP contribution is 2.28. The molecule has 31 heavy (non-hydrogen) atoms. The van der Waals surface area contributed by atoms with Crippen LogP contribution in [-0.2, 0) is 0 Å². The molecule has 0 aliphatic heterocycles. The van der Waals surface area contributed by atoms with Crippen molar-refractivity contribution in [3.8, 4) is 5.75 Å². The second kappa shape index (κ2) is 12.1. The van der Waals surface area contributed by atoms with Gasteiger partial charge in [-0.1, -0.05) is 32.8 Å². The lowest BCUT2D eigenvalue weighted by molar-refractivity contribution is 0.104. The van der Waals surface area contributed by atoms with Crippen molar-refractivity contribution in [2.24, 2.45) is 0 Å². The van der Waals surface area contributed by atoms with Gasteiger partial charge in [-0.25, -0.2) is 0 Å². The van der Waals surface area contributed by atoms with E-state index in [1.54, 1.807) is 0 Å². The van der Waals surface area contributed by atoms with E-state index in [0.29, 0.717) is 17.7 Å². The van der Waals surface area contributed by atoms with Gasteiger partial charge in [0.05, 0.1) is 16.6 Å². The van der Waals surface area contributed by atoms with Crippen molar-refractivity contribution in [3.63, 3.8) is 0 Å². The van der Waals surface area contributed by atoms with Gasteiger partial charge in [-0.2, -0.15) is 0 Å². The molecule has 0 atom stereocenters. The molecule has 1 aromatic carbocycles. The number of ether oxygens (including phenoxy) is 1. The number of rotatable bonds is 13. The Morgan fingerprint density at radius 1 is 0.968 bits per heavy atom. The Morgan fingerprint density at radius 3 is 2.42 bits per heavy atom. The minimum Gasteiger partial charge on any atom is -0.492 e. The topological polar surface area (TPSA) is 34.0 Å². The van der Waals surface area contributed by atoms with Crippen LogP contribution in [0.15, 0.2) is 59.3 Å². The van der Waals surface area contributed by atoms with Crippen molar-refractivity contribution in [1.29, 1.82) is 0 Å². The molecule has 0 amide bonds. The van der Waals surface area contributed by atoms with Crippen LogP contribution in [0.5, 0.6) is 5.75 Å². The van der Waals surface area contributed by atoms with Gasteiger partial charge in [0.2, 0.25) is 0 Å². The predicted molar refractivity (Wildman–Crippen MR) is 131 cm³/mol. The lowest BCUT2D eigenvalue weighted by Crippen LogP contribution is -2.28. The molecule has 4 nitrogen and oxygen atoms in total. The number of carbonyl (C=O) groups is 1. The van der Waals surface area contributed by atoms with Gasteiger partial charge < -0.3 is 14.0 Å². The van der Waals surface area contributed by atoms with Gasteiger partial charge in [-0.15, -0.1) is 0 Å². The lowest BCUT2D eigenvalue weighted by Gasteiger charge is -2.22. The fourth-order valence-electron chi connectivity index (χ4n) is 3.73. The minimum atomic E-state index is 0.0171. The second-order valence-electron chi connectivity index (χ2n) is 7.95. The highest BCUT2D eigenvalue weighted by Gasteiger charge is 2.15. The van der Waals surface area contributed by atoms with E-state index in [-0.39, 0.29) is 5.78 Å². The number of halogens is 1. The molecule has 3 rings (SSSR count). The number of fused-ring (bicyclic) bond motifs is 1. The van der Waals surface area contributed by atoms with Crippen molar-refractivity contribution in [2.75, 3.05) is 26.2 Å². The van der Waals surface area contributed by atoms with E-state index >= 15 is 0 Å². The normalized spacial score (nSPS) is 11.4. The highest BCUT2D eigenvalue weighted by atomic mass is 79.9. The molecule has 0 bridgehead atoms. The van der Waals surface area contributed by atoms with Crippen LogP contribution < -0.4 is 4.74 Å². The fraction of sp³-hybridized carbons (Fsp3) is 0.423. The molecule has 2 heterocycles.